The van der Waals surface area contributed by atoms with Gasteiger partial charge in [-0.3, -0.25) is 4.79 Å². The van der Waals surface area contributed by atoms with Crippen molar-refractivity contribution in [3.63, 3.8) is 0 Å². The van der Waals surface area contributed by atoms with Crippen LogP contribution in [-0.4, -0.2) is 10.3 Å². The van der Waals surface area contributed by atoms with Crippen molar-refractivity contribution < 1.29 is 9.53 Å². The Kier molecular flexibility index (Phi) is 5.21. The number of aromatic nitrogens is 1. The molecular weight excluding hydrogens is 358 g/mol. The fourth-order valence-electron chi connectivity index (χ4n) is 2.14. The number of rotatable bonds is 5. The van der Waals surface area contributed by atoms with Crippen LogP contribution in [0.2, 0.25) is 5.02 Å². The number of hydrogen-bond acceptors (Lipinski definition) is 5. The highest BCUT2D eigenvalue weighted by Gasteiger charge is 2.12. The lowest BCUT2D eigenvalue weighted by atomic mass is 10.1. The molecular formula is C18H16ClN3O2S. The van der Waals surface area contributed by atoms with Gasteiger partial charge in [-0.25, -0.2) is 0 Å². The zero-order valence-corrected chi connectivity index (χ0v) is 15.0. The zero-order chi connectivity index (χ0) is 17.8. The fourth-order valence-corrected chi connectivity index (χ4v) is 3.09. The van der Waals surface area contributed by atoms with Crippen molar-refractivity contribution in [2.24, 2.45) is 0 Å². The lowest BCUT2D eigenvalue weighted by molar-refractivity contribution is -0.115. The molecule has 128 valence electrons. The molecule has 2 aromatic carbocycles. The third-order valence-electron chi connectivity index (χ3n) is 3.45. The lowest BCUT2D eigenvalue weighted by Gasteiger charge is -2.07. The van der Waals surface area contributed by atoms with Gasteiger partial charge in [-0.1, -0.05) is 23.7 Å². The normalized spacial score (nSPS) is 10.5. The predicted octanol–water partition coefficient (Wildman–Crippen LogP) is 4.66. The van der Waals surface area contributed by atoms with E-state index in [4.69, 9.17) is 22.1 Å². The Hall–Kier alpha value is -2.57. The van der Waals surface area contributed by atoms with Crippen molar-refractivity contribution >= 4 is 39.7 Å². The smallest absolute Gasteiger partial charge is 0.229 e. The van der Waals surface area contributed by atoms with Gasteiger partial charge in [-0.05, 0) is 60.4 Å². The number of carbonyl (C=O) groups is 1. The molecule has 3 rings (SSSR count). The third-order valence-corrected chi connectivity index (χ3v) is 4.88. The zero-order valence-electron chi connectivity index (χ0n) is 13.5. The molecule has 0 saturated heterocycles. The highest BCUT2D eigenvalue weighted by molar-refractivity contribution is 7.11. The second-order valence-corrected chi connectivity index (χ2v) is 6.60. The SMILES string of the molecule is Cc1nsc(NC(=O)Cc2ccc(Oc3ccc(N)cc3)cc2)c1Cl. The summed E-state index contributed by atoms with van der Waals surface area (Å²) in [6.45, 7) is 1.80. The number of halogens is 1. The molecule has 5 nitrogen and oxygen atoms in total. The summed E-state index contributed by atoms with van der Waals surface area (Å²) in [6.07, 6.45) is 0.245. The maximum atomic E-state index is 12.1. The van der Waals surface area contributed by atoms with Crippen molar-refractivity contribution in [3.8, 4) is 11.5 Å². The third kappa shape index (κ3) is 4.49. The number of nitrogen functional groups attached to an aromatic ring is 1. The first-order valence-electron chi connectivity index (χ1n) is 7.55. The van der Waals surface area contributed by atoms with Crippen LogP contribution in [0.4, 0.5) is 10.7 Å². The van der Waals surface area contributed by atoms with Crippen molar-refractivity contribution in [2.45, 2.75) is 13.3 Å². The first-order chi connectivity index (χ1) is 12.0. The molecule has 0 atom stereocenters. The van der Waals surface area contributed by atoms with Crippen LogP contribution in [0.3, 0.4) is 0 Å². The minimum Gasteiger partial charge on any atom is -0.457 e. The van der Waals surface area contributed by atoms with E-state index in [0.717, 1.165) is 5.56 Å². The largest absolute Gasteiger partial charge is 0.457 e. The van der Waals surface area contributed by atoms with Gasteiger partial charge in [0.15, 0.2) is 0 Å². The number of nitrogens with two attached hydrogens (primary N) is 1. The molecule has 0 spiro atoms. The second-order valence-electron chi connectivity index (χ2n) is 5.45. The monoisotopic (exact) mass is 373 g/mol. The molecule has 0 unspecified atom stereocenters. The molecule has 0 radical (unpaired) electrons. The molecule has 3 N–H and O–H groups in total. The highest BCUT2D eigenvalue weighted by Crippen LogP contribution is 2.29. The maximum absolute atomic E-state index is 12.1. The molecule has 0 fully saturated rings. The van der Waals surface area contributed by atoms with E-state index in [1.54, 1.807) is 31.2 Å². The van der Waals surface area contributed by atoms with Crippen molar-refractivity contribution in [1.29, 1.82) is 0 Å². The summed E-state index contributed by atoms with van der Waals surface area (Å²) in [5.41, 5.74) is 7.92. The Balaban J connectivity index is 1.59. The van der Waals surface area contributed by atoms with Crippen LogP contribution in [0, 0.1) is 6.92 Å². The van der Waals surface area contributed by atoms with E-state index in [-0.39, 0.29) is 12.3 Å². The van der Waals surface area contributed by atoms with Crippen LogP contribution in [0.15, 0.2) is 48.5 Å². The van der Waals surface area contributed by atoms with Crippen LogP contribution in [0.25, 0.3) is 0 Å². The highest BCUT2D eigenvalue weighted by atomic mass is 35.5. The number of benzene rings is 2. The van der Waals surface area contributed by atoms with E-state index in [0.29, 0.717) is 32.9 Å². The van der Waals surface area contributed by atoms with Gasteiger partial charge >= 0.3 is 0 Å². The molecule has 0 aliphatic heterocycles. The molecule has 7 heteroatoms. The van der Waals surface area contributed by atoms with Crippen molar-refractivity contribution in [2.75, 3.05) is 11.1 Å². The molecule has 1 heterocycles. The Morgan fingerprint density at radius 3 is 2.32 bits per heavy atom. The van der Waals surface area contributed by atoms with E-state index in [1.807, 2.05) is 24.3 Å². The van der Waals surface area contributed by atoms with Gasteiger partial charge in [0.2, 0.25) is 5.91 Å². The number of ether oxygens (including phenoxy) is 1. The number of hydrogen-bond donors (Lipinski definition) is 2. The Morgan fingerprint density at radius 2 is 1.76 bits per heavy atom. The standard InChI is InChI=1S/C18H16ClN3O2S/c1-11-17(19)18(25-22-11)21-16(23)10-12-2-6-14(7-3-12)24-15-8-4-13(20)5-9-15/h2-9H,10,20H2,1H3,(H,21,23). The minimum absolute atomic E-state index is 0.141. The van der Waals surface area contributed by atoms with Crippen molar-refractivity contribution in [3.05, 3.63) is 64.8 Å². The summed E-state index contributed by atoms with van der Waals surface area (Å²) in [7, 11) is 0. The topological polar surface area (TPSA) is 77.2 Å². The Labute approximate surface area is 154 Å². The summed E-state index contributed by atoms with van der Waals surface area (Å²) in [5, 5.41) is 3.85. The first kappa shape index (κ1) is 17.3. The van der Waals surface area contributed by atoms with Gasteiger partial charge in [0.1, 0.15) is 16.5 Å². The Morgan fingerprint density at radius 1 is 1.16 bits per heavy atom. The average molecular weight is 374 g/mol. The summed E-state index contributed by atoms with van der Waals surface area (Å²) in [5.74, 6) is 1.25. The molecule has 1 aromatic heterocycles. The van der Waals surface area contributed by atoms with Crippen LogP contribution in [0.1, 0.15) is 11.3 Å². The minimum atomic E-state index is -0.141. The summed E-state index contributed by atoms with van der Waals surface area (Å²) < 4.78 is 9.83. The number of amides is 1. The number of carbonyl (C=O) groups excluding carboxylic acids is 1. The van der Waals surface area contributed by atoms with Gasteiger partial charge in [0.25, 0.3) is 0 Å². The molecule has 0 aliphatic carbocycles. The number of anilines is 2. The Bertz CT molecular complexity index is 876. The van der Waals surface area contributed by atoms with Gasteiger partial charge in [-0.2, -0.15) is 4.37 Å². The molecule has 0 aliphatic rings. The van der Waals surface area contributed by atoms with Crippen LogP contribution in [0.5, 0.6) is 11.5 Å². The molecule has 25 heavy (non-hydrogen) atoms. The van der Waals surface area contributed by atoms with Crippen LogP contribution in [-0.2, 0) is 11.2 Å². The van der Waals surface area contributed by atoms with E-state index < -0.39 is 0 Å². The van der Waals surface area contributed by atoms with E-state index in [9.17, 15) is 4.79 Å². The quantitative estimate of drug-likeness (QED) is 0.637. The summed E-state index contributed by atoms with van der Waals surface area (Å²) in [6, 6.07) is 14.5. The predicted molar refractivity (Wildman–Crippen MR) is 102 cm³/mol. The number of aryl methyl sites for hydroxylation is 1. The molecule has 0 saturated carbocycles. The average Bonchev–Trinajstić information content (AvgIpc) is 2.91. The maximum Gasteiger partial charge on any atom is 0.229 e. The van der Waals surface area contributed by atoms with Gasteiger partial charge in [-0.15, -0.1) is 0 Å². The number of nitrogens with zero attached hydrogens (tertiary/aromatic N) is 1. The molecule has 0 bridgehead atoms. The summed E-state index contributed by atoms with van der Waals surface area (Å²) >= 11 is 7.25. The molecule has 3 aromatic rings. The van der Waals surface area contributed by atoms with Crippen LogP contribution >= 0.6 is 23.1 Å². The fraction of sp³-hybridized carbons (Fsp3) is 0.111. The number of nitrogens with one attached hydrogen (secondary N) is 1. The van der Waals surface area contributed by atoms with Gasteiger partial charge < -0.3 is 15.8 Å². The lowest BCUT2D eigenvalue weighted by Crippen LogP contribution is -2.13. The van der Waals surface area contributed by atoms with Gasteiger partial charge in [0, 0.05) is 5.69 Å². The second kappa shape index (κ2) is 7.55. The summed E-state index contributed by atoms with van der Waals surface area (Å²) in [4.78, 5) is 12.1. The first-order valence-corrected chi connectivity index (χ1v) is 8.70. The van der Waals surface area contributed by atoms with Crippen LogP contribution < -0.4 is 15.8 Å². The van der Waals surface area contributed by atoms with Gasteiger partial charge in [0.05, 0.1) is 17.1 Å². The van der Waals surface area contributed by atoms with E-state index in [1.165, 1.54) is 11.5 Å². The van der Waals surface area contributed by atoms with Crippen molar-refractivity contribution in [1.82, 2.24) is 4.37 Å². The molecule has 1 amide bonds. The van der Waals surface area contributed by atoms with E-state index in [2.05, 4.69) is 9.69 Å². The van der Waals surface area contributed by atoms with E-state index >= 15 is 0 Å².